The molecular weight excluding hydrogens is 238 g/mol. The van der Waals surface area contributed by atoms with Gasteiger partial charge in [0.2, 0.25) is 0 Å². The Labute approximate surface area is 108 Å². The van der Waals surface area contributed by atoms with Crippen LogP contribution in [0.3, 0.4) is 0 Å². The predicted molar refractivity (Wildman–Crippen MR) is 71.1 cm³/mol. The Balaban J connectivity index is 0.00000144. The van der Waals surface area contributed by atoms with Gasteiger partial charge in [0.1, 0.15) is 0 Å². The van der Waals surface area contributed by atoms with Gasteiger partial charge in [-0.15, -0.1) is 12.4 Å². The SMILES string of the molecule is Cl.O=C(O)Cc1ccccc1N1CCCCC1. The lowest BCUT2D eigenvalue weighted by Gasteiger charge is -2.30. The number of nitrogens with zero attached hydrogens (tertiary/aromatic N) is 1. The van der Waals surface area contributed by atoms with Crippen molar-refractivity contribution in [2.75, 3.05) is 18.0 Å². The summed E-state index contributed by atoms with van der Waals surface area (Å²) in [5.41, 5.74) is 2.03. The summed E-state index contributed by atoms with van der Waals surface area (Å²) in [7, 11) is 0. The van der Waals surface area contributed by atoms with Crippen LogP contribution in [0.1, 0.15) is 24.8 Å². The molecule has 0 aromatic heterocycles. The zero-order valence-corrected chi connectivity index (χ0v) is 10.6. The van der Waals surface area contributed by atoms with Crippen LogP contribution < -0.4 is 4.90 Å². The van der Waals surface area contributed by atoms with Crippen LogP contribution in [0.4, 0.5) is 5.69 Å². The van der Waals surface area contributed by atoms with Gasteiger partial charge in [0.15, 0.2) is 0 Å². The zero-order chi connectivity index (χ0) is 11.4. The number of para-hydroxylation sites is 1. The molecule has 0 unspecified atom stereocenters. The van der Waals surface area contributed by atoms with E-state index in [4.69, 9.17) is 5.11 Å². The van der Waals surface area contributed by atoms with E-state index >= 15 is 0 Å². The van der Waals surface area contributed by atoms with Crippen LogP contribution in [0, 0.1) is 0 Å². The van der Waals surface area contributed by atoms with Gasteiger partial charge in [-0.05, 0) is 30.9 Å². The van der Waals surface area contributed by atoms with Gasteiger partial charge in [-0.3, -0.25) is 4.79 Å². The van der Waals surface area contributed by atoms with Crippen molar-refractivity contribution in [2.45, 2.75) is 25.7 Å². The van der Waals surface area contributed by atoms with Crippen molar-refractivity contribution in [3.05, 3.63) is 29.8 Å². The maximum absolute atomic E-state index is 10.8. The summed E-state index contributed by atoms with van der Waals surface area (Å²) in [5.74, 6) is -0.760. The highest BCUT2D eigenvalue weighted by Crippen LogP contribution is 2.24. The van der Waals surface area contributed by atoms with Crippen molar-refractivity contribution in [3.63, 3.8) is 0 Å². The van der Waals surface area contributed by atoms with Crippen LogP contribution in [0.25, 0.3) is 0 Å². The van der Waals surface area contributed by atoms with Crippen molar-refractivity contribution in [1.29, 1.82) is 0 Å². The molecule has 3 nitrogen and oxygen atoms in total. The van der Waals surface area contributed by atoms with Crippen LogP contribution in [0.15, 0.2) is 24.3 Å². The summed E-state index contributed by atoms with van der Waals surface area (Å²) in [6.07, 6.45) is 3.83. The molecule has 1 fully saturated rings. The van der Waals surface area contributed by atoms with Gasteiger partial charge < -0.3 is 10.0 Å². The normalized spacial score (nSPS) is 15.2. The van der Waals surface area contributed by atoms with Gasteiger partial charge in [-0.2, -0.15) is 0 Å². The Bertz CT molecular complexity index is 375. The Morgan fingerprint density at radius 1 is 1.18 bits per heavy atom. The predicted octanol–water partition coefficient (Wildman–Crippen LogP) is 2.73. The molecule has 1 aliphatic heterocycles. The number of carboxylic acids is 1. The van der Waals surface area contributed by atoms with Crippen LogP contribution in [0.5, 0.6) is 0 Å². The van der Waals surface area contributed by atoms with Crippen molar-refractivity contribution in [3.8, 4) is 0 Å². The van der Waals surface area contributed by atoms with Crippen molar-refractivity contribution in [1.82, 2.24) is 0 Å². The molecule has 4 heteroatoms. The fraction of sp³-hybridized carbons (Fsp3) is 0.462. The number of hydrogen-bond donors (Lipinski definition) is 1. The average Bonchev–Trinajstić information content (AvgIpc) is 2.30. The molecular formula is C13H18ClNO2. The van der Waals surface area contributed by atoms with Crippen LogP contribution in [-0.4, -0.2) is 24.2 Å². The molecule has 1 heterocycles. The third kappa shape index (κ3) is 3.63. The van der Waals surface area contributed by atoms with E-state index in [1.54, 1.807) is 0 Å². The number of piperidine rings is 1. The molecule has 94 valence electrons. The molecule has 0 atom stereocenters. The first-order chi connectivity index (χ1) is 7.77. The molecule has 0 amide bonds. The highest BCUT2D eigenvalue weighted by molar-refractivity contribution is 5.85. The van der Waals surface area contributed by atoms with Crippen molar-refractivity contribution >= 4 is 24.1 Å². The van der Waals surface area contributed by atoms with E-state index in [0.717, 1.165) is 24.3 Å². The highest BCUT2D eigenvalue weighted by atomic mass is 35.5. The molecule has 0 bridgehead atoms. The Hall–Kier alpha value is -1.22. The molecule has 17 heavy (non-hydrogen) atoms. The van der Waals surface area contributed by atoms with Gasteiger partial charge in [-0.25, -0.2) is 0 Å². The summed E-state index contributed by atoms with van der Waals surface area (Å²) >= 11 is 0. The summed E-state index contributed by atoms with van der Waals surface area (Å²) in [6, 6.07) is 7.84. The van der Waals surface area contributed by atoms with Gasteiger partial charge in [0.25, 0.3) is 0 Å². The molecule has 0 spiro atoms. The van der Waals surface area contributed by atoms with Crippen molar-refractivity contribution < 1.29 is 9.90 Å². The average molecular weight is 256 g/mol. The Morgan fingerprint density at radius 2 is 1.82 bits per heavy atom. The lowest BCUT2D eigenvalue weighted by molar-refractivity contribution is -0.136. The van der Waals surface area contributed by atoms with Crippen LogP contribution in [-0.2, 0) is 11.2 Å². The van der Waals surface area contributed by atoms with E-state index in [2.05, 4.69) is 4.90 Å². The maximum atomic E-state index is 10.8. The van der Waals surface area contributed by atoms with Gasteiger partial charge >= 0.3 is 5.97 Å². The maximum Gasteiger partial charge on any atom is 0.307 e. The third-order valence-corrected chi connectivity index (χ3v) is 3.03. The fourth-order valence-corrected chi connectivity index (χ4v) is 2.27. The zero-order valence-electron chi connectivity index (χ0n) is 9.76. The molecule has 1 saturated heterocycles. The number of benzene rings is 1. The highest BCUT2D eigenvalue weighted by Gasteiger charge is 2.15. The summed E-state index contributed by atoms with van der Waals surface area (Å²) in [6.45, 7) is 2.10. The standard InChI is InChI=1S/C13H17NO2.ClH/c15-13(16)10-11-6-2-3-7-12(11)14-8-4-1-5-9-14;/h2-3,6-7H,1,4-5,8-10H2,(H,15,16);1H. The summed E-state index contributed by atoms with van der Waals surface area (Å²) in [4.78, 5) is 13.1. The van der Waals surface area contributed by atoms with Gasteiger partial charge in [0, 0.05) is 18.8 Å². The largest absolute Gasteiger partial charge is 0.481 e. The minimum Gasteiger partial charge on any atom is -0.481 e. The lowest BCUT2D eigenvalue weighted by atomic mass is 10.1. The molecule has 0 saturated carbocycles. The van der Waals surface area contributed by atoms with E-state index in [1.807, 2.05) is 24.3 Å². The number of rotatable bonds is 3. The first-order valence-corrected chi connectivity index (χ1v) is 5.82. The monoisotopic (exact) mass is 255 g/mol. The second-order valence-electron chi connectivity index (χ2n) is 4.25. The summed E-state index contributed by atoms with van der Waals surface area (Å²) < 4.78 is 0. The van der Waals surface area contributed by atoms with E-state index in [0.29, 0.717) is 0 Å². The minimum atomic E-state index is -0.760. The van der Waals surface area contributed by atoms with E-state index in [-0.39, 0.29) is 18.8 Å². The molecule has 1 N–H and O–H groups in total. The van der Waals surface area contributed by atoms with Crippen LogP contribution in [0.2, 0.25) is 0 Å². The number of halogens is 1. The molecule has 1 aromatic carbocycles. The van der Waals surface area contributed by atoms with E-state index in [9.17, 15) is 4.79 Å². The van der Waals surface area contributed by atoms with Crippen molar-refractivity contribution in [2.24, 2.45) is 0 Å². The third-order valence-electron chi connectivity index (χ3n) is 3.03. The molecule has 0 aliphatic carbocycles. The topological polar surface area (TPSA) is 40.5 Å². The van der Waals surface area contributed by atoms with Gasteiger partial charge in [0.05, 0.1) is 6.42 Å². The quantitative estimate of drug-likeness (QED) is 0.903. The second-order valence-corrected chi connectivity index (χ2v) is 4.25. The van der Waals surface area contributed by atoms with E-state index in [1.165, 1.54) is 19.3 Å². The smallest absolute Gasteiger partial charge is 0.307 e. The fourth-order valence-electron chi connectivity index (χ4n) is 2.27. The van der Waals surface area contributed by atoms with E-state index < -0.39 is 5.97 Å². The second kappa shape index (κ2) is 6.50. The first-order valence-electron chi connectivity index (χ1n) is 5.82. The minimum absolute atomic E-state index is 0. The number of hydrogen-bond acceptors (Lipinski definition) is 2. The molecule has 1 aromatic rings. The number of carboxylic acid groups (broad SMARTS) is 1. The molecule has 0 radical (unpaired) electrons. The van der Waals surface area contributed by atoms with Gasteiger partial charge in [-0.1, -0.05) is 18.2 Å². The number of aliphatic carboxylic acids is 1. The van der Waals surface area contributed by atoms with Crippen LogP contribution >= 0.6 is 12.4 Å². The Kier molecular flexibility index (Phi) is 5.29. The lowest BCUT2D eigenvalue weighted by Crippen LogP contribution is -2.30. The molecule has 2 rings (SSSR count). The summed E-state index contributed by atoms with van der Waals surface area (Å²) in [5, 5.41) is 8.87. The molecule has 1 aliphatic rings. The Morgan fingerprint density at radius 3 is 2.47 bits per heavy atom. The number of carbonyl (C=O) groups is 1. The first kappa shape index (κ1) is 13.8. The number of anilines is 1.